The third-order valence-corrected chi connectivity index (χ3v) is 7.11. The Morgan fingerprint density at radius 2 is 1.92 bits per heavy atom. The highest BCUT2D eigenvalue weighted by molar-refractivity contribution is 7.85. The quantitative estimate of drug-likeness (QED) is 0.251. The third-order valence-electron chi connectivity index (χ3n) is 6.52. The van der Waals surface area contributed by atoms with E-state index < -0.39 is 16.0 Å². The second-order valence-corrected chi connectivity index (χ2v) is 11.1. The number of hydrogen-bond donors (Lipinski definition) is 3. The standard InChI is InChI=1S/C17H18N4O3.C9H18O3S/c1-24-15-8-13(19)10(9-18)7-12(15)16(22)20-14-3-2-6-21(17(14)23)11-4-5-11;1-13(10,11)12-8-7-9-5-3-2-4-6-9/h2-3,6-9,11,18H,4-5,19H2,1H3,(H,20,22);9H,2-8H2,1H3. The Morgan fingerprint density at radius 1 is 1.22 bits per heavy atom. The number of carbonyl (C=O) groups is 1. The number of amides is 1. The number of methoxy groups -OCH3 is 1. The number of nitrogen functional groups attached to an aromatic ring is 1. The van der Waals surface area contributed by atoms with Crippen LogP contribution in [0.2, 0.25) is 0 Å². The summed E-state index contributed by atoms with van der Waals surface area (Å²) in [6.07, 6.45) is 13.2. The predicted octanol–water partition coefficient (Wildman–Crippen LogP) is 3.96. The number of nitrogens with two attached hydrogens (primary N) is 1. The van der Waals surface area contributed by atoms with Gasteiger partial charge in [-0.25, -0.2) is 0 Å². The van der Waals surface area contributed by atoms with E-state index in [0.717, 1.165) is 31.7 Å². The van der Waals surface area contributed by atoms with Crippen LogP contribution in [0.4, 0.5) is 11.4 Å². The van der Waals surface area contributed by atoms with Gasteiger partial charge in [0, 0.05) is 35.8 Å². The molecule has 1 aromatic carbocycles. The molecule has 2 aliphatic rings. The molecule has 0 spiro atoms. The maximum atomic E-state index is 12.6. The first-order chi connectivity index (χ1) is 17.6. The Balaban J connectivity index is 0.000000248. The van der Waals surface area contributed by atoms with Gasteiger partial charge in [0.1, 0.15) is 11.4 Å². The van der Waals surface area contributed by atoms with Gasteiger partial charge in [0.2, 0.25) is 0 Å². The van der Waals surface area contributed by atoms with Crippen molar-refractivity contribution in [1.29, 1.82) is 5.41 Å². The fourth-order valence-corrected chi connectivity index (χ4v) is 4.76. The van der Waals surface area contributed by atoms with Crippen molar-refractivity contribution in [3.05, 3.63) is 51.9 Å². The van der Waals surface area contributed by atoms with Gasteiger partial charge in [-0.3, -0.25) is 13.8 Å². The lowest BCUT2D eigenvalue weighted by atomic mass is 9.87. The Hall–Kier alpha value is -3.18. The van der Waals surface area contributed by atoms with Crippen LogP contribution in [0, 0.1) is 11.3 Å². The van der Waals surface area contributed by atoms with Crippen LogP contribution in [-0.4, -0.2) is 45.1 Å². The molecule has 37 heavy (non-hydrogen) atoms. The molecule has 2 fully saturated rings. The first-order valence-corrected chi connectivity index (χ1v) is 14.3. The summed E-state index contributed by atoms with van der Waals surface area (Å²) in [4.78, 5) is 25.0. The summed E-state index contributed by atoms with van der Waals surface area (Å²) in [6.45, 7) is 0.365. The minimum absolute atomic E-state index is 0.213. The molecule has 2 aliphatic carbocycles. The molecule has 0 bridgehead atoms. The van der Waals surface area contributed by atoms with E-state index in [2.05, 4.69) is 5.32 Å². The summed E-state index contributed by atoms with van der Waals surface area (Å²) in [5.41, 5.74) is 6.75. The SMILES string of the molecule is COc1cc(N)c(C=N)cc1C(=O)Nc1cccn(C2CC2)c1=O.CS(=O)(=O)OCCC1CCCCC1. The van der Waals surface area contributed by atoms with Crippen molar-refractivity contribution in [2.24, 2.45) is 5.92 Å². The van der Waals surface area contributed by atoms with Gasteiger partial charge >= 0.3 is 0 Å². The zero-order chi connectivity index (χ0) is 27.0. The summed E-state index contributed by atoms with van der Waals surface area (Å²) in [7, 11) is -1.80. The maximum Gasteiger partial charge on any atom is 0.274 e. The molecule has 1 amide bonds. The van der Waals surface area contributed by atoms with Crippen LogP contribution in [0.25, 0.3) is 0 Å². The molecule has 0 atom stereocenters. The first kappa shape index (κ1) is 28.4. The zero-order valence-corrected chi connectivity index (χ0v) is 22.2. The molecule has 4 N–H and O–H groups in total. The highest BCUT2D eigenvalue weighted by Crippen LogP contribution is 2.33. The topological polar surface area (TPSA) is 154 Å². The molecule has 1 aromatic heterocycles. The molecule has 2 saturated carbocycles. The molecule has 0 unspecified atom stereocenters. The number of ether oxygens (including phenoxy) is 1. The maximum absolute atomic E-state index is 12.6. The molecule has 10 nitrogen and oxygen atoms in total. The lowest BCUT2D eigenvalue weighted by Crippen LogP contribution is -2.25. The van der Waals surface area contributed by atoms with Crippen LogP contribution in [0.3, 0.4) is 0 Å². The molecule has 202 valence electrons. The van der Waals surface area contributed by atoms with Crippen LogP contribution in [-0.2, 0) is 14.3 Å². The van der Waals surface area contributed by atoms with Crippen LogP contribution >= 0.6 is 0 Å². The number of pyridine rings is 1. The monoisotopic (exact) mass is 532 g/mol. The van der Waals surface area contributed by atoms with Crippen LogP contribution in [0.5, 0.6) is 5.75 Å². The van der Waals surface area contributed by atoms with Crippen molar-refractivity contribution in [2.75, 3.05) is 31.0 Å². The fraction of sp³-hybridized carbons (Fsp3) is 0.500. The van der Waals surface area contributed by atoms with E-state index in [-0.39, 0.29) is 28.6 Å². The summed E-state index contributed by atoms with van der Waals surface area (Å²) < 4.78 is 32.8. The van der Waals surface area contributed by atoms with Crippen molar-refractivity contribution in [3.8, 4) is 5.75 Å². The van der Waals surface area contributed by atoms with E-state index in [0.29, 0.717) is 23.8 Å². The number of nitrogens with zero attached hydrogens (tertiary/aromatic N) is 1. The number of hydrogen-bond acceptors (Lipinski definition) is 8. The fourth-order valence-electron chi connectivity index (χ4n) is 4.36. The Bertz CT molecular complexity index is 1260. The number of benzene rings is 1. The van der Waals surface area contributed by atoms with Crippen LogP contribution in [0.15, 0.2) is 35.3 Å². The first-order valence-electron chi connectivity index (χ1n) is 12.5. The van der Waals surface area contributed by atoms with Crippen molar-refractivity contribution in [3.63, 3.8) is 0 Å². The van der Waals surface area contributed by atoms with E-state index in [9.17, 15) is 18.0 Å². The molecule has 0 radical (unpaired) electrons. The number of nitrogens with one attached hydrogen (secondary N) is 2. The lowest BCUT2D eigenvalue weighted by Gasteiger charge is -2.20. The minimum atomic E-state index is -3.22. The second kappa shape index (κ2) is 12.9. The van der Waals surface area contributed by atoms with Gasteiger partial charge in [-0.15, -0.1) is 0 Å². The van der Waals surface area contributed by atoms with Crippen molar-refractivity contribution in [2.45, 2.75) is 57.4 Å². The average Bonchev–Trinajstić information content (AvgIpc) is 3.71. The van der Waals surface area contributed by atoms with Crippen molar-refractivity contribution in [1.82, 2.24) is 4.57 Å². The largest absolute Gasteiger partial charge is 0.496 e. The lowest BCUT2D eigenvalue weighted by molar-refractivity contribution is 0.102. The molecule has 0 saturated heterocycles. The Kier molecular flexibility index (Phi) is 9.87. The summed E-state index contributed by atoms with van der Waals surface area (Å²) in [5, 5.41) is 9.98. The van der Waals surface area contributed by atoms with Gasteiger partial charge in [-0.05, 0) is 43.4 Å². The Morgan fingerprint density at radius 3 is 2.51 bits per heavy atom. The van der Waals surface area contributed by atoms with E-state index in [1.807, 2.05) is 0 Å². The zero-order valence-electron chi connectivity index (χ0n) is 21.4. The Labute approximate surface area is 217 Å². The van der Waals surface area contributed by atoms with Crippen LogP contribution in [0.1, 0.15) is 73.3 Å². The van der Waals surface area contributed by atoms with E-state index in [1.54, 1.807) is 22.9 Å². The highest BCUT2D eigenvalue weighted by atomic mass is 32.2. The van der Waals surface area contributed by atoms with Crippen LogP contribution < -0.4 is 21.3 Å². The molecule has 11 heteroatoms. The summed E-state index contributed by atoms with van der Waals surface area (Å²) in [5.74, 6) is 0.491. The van der Waals surface area contributed by atoms with Gasteiger partial charge in [0.15, 0.2) is 0 Å². The number of aromatic nitrogens is 1. The summed E-state index contributed by atoms with van der Waals surface area (Å²) in [6, 6.07) is 6.49. The van der Waals surface area contributed by atoms with Gasteiger partial charge < -0.3 is 25.8 Å². The third kappa shape index (κ3) is 8.43. The van der Waals surface area contributed by atoms with Gasteiger partial charge in [-0.1, -0.05) is 32.1 Å². The van der Waals surface area contributed by atoms with Gasteiger partial charge in [-0.2, -0.15) is 8.42 Å². The second-order valence-electron chi connectivity index (χ2n) is 9.46. The molecular formula is C26H36N4O6S. The number of anilines is 2. The molecule has 4 rings (SSSR count). The average molecular weight is 533 g/mol. The number of rotatable bonds is 9. The normalized spacial score (nSPS) is 15.8. The molecule has 1 heterocycles. The summed E-state index contributed by atoms with van der Waals surface area (Å²) >= 11 is 0. The number of carbonyl (C=O) groups excluding carboxylic acids is 1. The minimum Gasteiger partial charge on any atom is -0.496 e. The van der Waals surface area contributed by atoms with Crippen molar-refractivity contribution < 1.29 is 22.1 Å². The van der Waals surface area contributed by atoms with E-state index >= 15 is 0 Å². The van der Waals surface area contributed by atoms with Gasteiger partial charge in [0.25, 0.3) is 21.6 Å². The molecular weight excluding hydrogens is 496 g/mol. The smallest absolute Gasteiger partial charge is 0.274 e. The molecule has 2 aromatic rings. The molecule has 0 aliphatic heterocycles. The van der Waals surface area contributed by atoms with E-state index in [4.69, 9.17) is 20.1 Å². The van der Waals surface area contributed by atoms with E-state index in [1.165, 1.54) is 51.3 Å². The highest BCUT2D eigenvalue weighted by Gasteiger charge is 2.25. The van der Waals surface area contributed by atoms with Crippen molar-refractivity contribution >= 4 is 33.6 Å². The van der Waals surface area contributed by atoms with Gasteiger partial charge in [0.05, 0.1) is 25.5 Å². The predicted molar refractivity (Wildman–Crippen MR) is 144 cm³/mol.